The number of hydrogen-bond acceptors (Lipinski definition) is 6. The Hall–Kier alpha value is -3.25. The van der Waals surface area contributed by atoms with Gasteiger partial charge in [-0.15, -0.1) is 0 Å². The molecule has 202 valence electrons. The second-order valence-corrected chi connectivity index (χ2v) is 8.67. The summed E-state index contributed by atoms with van der Waals surface area (Å²) in [5.41, 5.74) is -2.07. The molecule has 0 saturated heterocycles. The van der Waals surface area contributed by atoms with Crippen LogP contribution in [0.5, 0.6) is 11.6 Å². The van der Waals surface area contributed by atoms with Gasteiger partial charge in [0, 0.05) is 38.5 Å². The molecule has 1 aliphatic carbocycles. The van der Waals surface area contributed by atoms with Crippen LogP contribution in [0.3, 0.4) is 0 Å². The summed E-state index contributed by atoms with van der Waals surface area (Å²) in [7, 11) is 2.79. The molecule has 0 radical (unpaired) electrons. The van der Waals surface area contributed by atoms with Crippen molar-refractivity contribution in [2.45, 2.75) is 44.3 Å². The van der Waals surface area contributed by atoms with Crippen LogP contribution in [0.25, 0.3) is 0 Å². The highest BCUT2D eigenvalue weighted by Gasteiger charge is 2.37. The van der Waals surface area contributed by atoms with Crippen molar-refractivity contribution in [1.82, 2.24) is 4.98 Å². The molecule has 1 aliphatic rings. The Kier molecular flexibility index (Phi) is 9.44. The Morgan fingerprint density at radius 2 is 1.78 bits per heavy atom. The largest absolute Gasteiger partial charge is 0.478 e. The lowest BCUT2D eigenvalue weighted by Gasteiger charge is -2.35. The number of carboxylic acids is 1. The number of hydrogen-bond donors (Lipinski definition) is 1. The van der Waals surface area contributed by atoms with Crippen LogP contribution in [0.4, 0.5) is 23.2 Å². The summed E-state index contributed by atoms with van der Waals surface area (Å²) in [5.74, 6) is -5.25. The molecule has 1 saturated carbocycles. The zero-order chi connectivity index (χ0) is 27.2. The van der Waals surface area contributed by atoms with Crippen LogP contribution < -0.4 is 9.64 Å². The van der Waals surface area contributed by atoms with Gasteiger partial charge in [-0.1, -0.05) is 19.3 Å². The van der Waals surface area contributed by atoms with Gasteiger partial charge in [0.1, 0.15) is 5.56 Å². The van der Waals surface area contributed by atoms with Crippen LogP contribution in [-0.4, -0.2) is 55.4 Å². The van der Waals surface area contributed by atoms with Gasteiger partial charge in [0.15, 0.2) is 11.6 Å². The van der Waals surface area contributed by atoms with Crippen LogP contribution >= 0.6 is 0 Å². The number of nitrogens with zero attached hydrogens (tertiary/aromatic N) is 2. The molecule has 0 spiro atoms. The van der Waals surface area contributed by atoms with Crippen LogP contribution in [0.2, 0.25) is 0 Å². The molecule has 37 heavy (non-hydrogen) atoms. The zero-order valence-electron chi connectivity index (χ0n) is 20.4. The molecule has 1 N–H and O–H groups in total. The number of ether oxygens (including phenoxy) is 3. The predicted molar refractivity (Wildman–Crippen MR) is 124 cm³/mol. The maximum atomic E-state index is 15.3. The summed E-state index contributed by atoms with van der Waals surface area (Å²) >= 11 is 0. The van der Waals surface area contributed by atoms with Gasteiger partial charge in [0.25, 0.3) is 0 Å². The highest BCUT2D eigenvalue weighted by Crippen LogP contribution is 2.39. The summed E-state index contributed by atoms with van der Waals surface area (Å²) in [6.45, 7) is -0.0672. The number of halogens is 4. The number of anilines is 1. The molecule has 0 unspecified atom stereocenters. The Balaban J connectivity index is 2.11. The third-order valence-corrected chi connectivity index (χ3v) is 6.10. The van der Waals surface area contributed by atoms with Gasteiger partial charge >= 0.3 is 12.1 Å². The lowest BCUT2D eigenvalue weighted by molar-refractivity contribution is -0.139. The number of aromatic nitrogens is 1. The number of alkyl halides is 3. The molecule has 1 heterocycles. The summed E-state index contributed by atoms with van der Waals surface area (Å²) in [6.07, 6.45) is -0.0180. The van der Waals surface area contributed by atoms with Crippen molar-refractivity contribution in [3.63, 3.8) is 0 Å². The summed E-state index contributed by atoms with van der Waals surface area (Å²) in [6, 6.07) is 2.48. The number of benzene rings is 1. The van der Waals surface area contributed by atoms with Gasteiger partial charge < -0.3 is 24.2 Å². The molecule has 8 nitrogen and oxygen atoms in total. The van der Waals surface area contributed by atoms with Crippen molar-refractivity contribution in [2.24, 2.45) is 5.92 Å². The third-order valence-electron chi connectivity index (χ3n) is 6.10. The van der Waals surface area contributed by atoms with Crippen LogP contribution in [0.1, 0.15) is 48.0 Å². The Morgan fingerprint density at radius 1 is 1.14 bits per heavy atom. The molecule has 1 aromatic carbocycles. The van der Waals surface area contributed by atoms with Gasteiger partial charge in [0.05, 0.1) is 30.5 Å². The van der Waals surface area contributed by atoms with Crippen molar-refractivity contribution in [1.29, 1.82) is 0 Å². The van der Waals surface area contributed by atoms with E-state index in [9.17, 15) is 27.9 Å². The standard InChI is InChI=1S/C25H28F4N2O6/c1-35-13-16(14-36-2)31(23(32)15-7-4-3-5-8-15)20-12-19(26)21(11-17(20)24(33)34)37-22-18(25(27,28)29)9-6-10-30-22/h6,9-12,15-16H,3-5,7-8,13-14H2,1-2H3,(H,33,34). The van der Waals surface area contributed by atoms with Gasteiger partial charge in [-0.2, -0.15) is 13.2 Å². The summed E-state index contributed by atoms with van der Waals surface area (Å²) < 4.78 is 70.9. The minimum atomic E-state index is -4.84. The molecule has 0 bridgehead atoms. The maximum Gasteiger partial charge on any atom is 0.421 e. The number of carbonyl (C=O) groups excluding carboxylic acids is 1. The van der Waals surface area contributed by atoms with Gasteiger partial charge in [0.2, 0.25) is 11.8 Å². The average molecular weight is 528 g/mol. The number of pyridine rings is 1. The highest BCUT2D eigenvalue weighted by atomic mass is 19.4. The summed E-state index contributed by atoms with van der Waals surface area (Å²) in [4.78, 5) is 30.6. The first-order chi connectivity index (χ1) is 17.6. The molecule has 1 amide bonds. The molecule has 3 rings (SSSR count). The second-order valence-electron chi connectivity index (χ2n) is 8.67. The van der Waals surface area contributed by atoms with E-state index in [1.165, 1.54) is 19.1 Å². The molecule has 2 aromatic rings. The second kappa shape index (κ2) is 12.3. The van der Waals surface area contributed by atoms with E-state index in [1.54, 1.807) is 0 Å². The van der Waals surface area contributed by atoms with E-state index in [1.807, 2.05) is 0 Å². The number of rotatable bonds is 10. The van der Waals surface area contributed by atoms with Crippen molar-refractivity contribution < 1.29 is 46.5 Å². The fourth-order valence-corrected chi connectivity index (χ4v) is 4.41. The fourth-order valence-electron chi connectivity index (χ4n) is 4.41. The Bertz CT molecular complexity index is 1100. The fraction of sp³-hybridized carbons (Fsp3) is 0.480. The highest BCUT2D eigenvalue weighted by molar-refractivity contribution is 6.03. The maximum absolute atomic E-state index is 15.3. The van der Waals surface area contributed by atoms with Crippen molar-refractivity contribution in [2.75, 3.05) is 32.3 Å². The SMILES string of the molecule is COCC(COC)N(C(=O)C1CCCCC1)c1cc(F)c(Oc2ncccc2C(F)(F)F)cc1C(=O)O. The topological polar surface area (TPSA) is 98.2 Å². The lowest BCUT2D eigenvalue weighted by Crippen LogP contribution is -2.49. The lowest BCUT2D eigenvalue weighted by atomic mass is 9.87. The first-order valence-corrected chi connectivity index (χ1v) is 11.7. The van der Waals surface area contributed by atoms with E-state index >= 15 is 4.39 Å². The number of aromatic carboxylic acids is 1. The predicted octanol–water partition coefficient (Wildman–Crippen LogP) is 5.30. The molecule has 1 fully saturated rings. The molecule has 12 heteroatoms. The minimum absolute atomic E-state index is 0.0336. The molecular weight excluding hydrogens is 500 g/mol. The van der Waals surface area contributed by atoms with Crippen LogP contribution in [0.15, 0.2) is 30.5 Å². The van der Waals surface area contributed by atoms with E-state index in [4.69, 9.17) is 14.2 Å². The van der Waals surface area contributed by atoms with Gasteiger partial charge in [-0.25, -0.2) is 14.2 Å². The first-order valence-electron chi connectivity index (χ1n) is 11.7. The molecular formula is C25H28F4N2O6. The third kappa shape index (κ3) is 6.75. The Morgan fingerprint density at radius 3 is 2.35 bits per heavy atom. The smallest absolute Gasteiger partial charge is 0.421 e. The van der Waals surface area contributed by atoms with Gasteiger partial charge in [-0.3, -0.25) is 4.79 Å². The zero-order valence-corrected chi connectivity index (χ0v) is 20.4. The summed E-state index contributed by atoms with van der Waals surface area (Å²) in [5, 5.41) is 9.94. The van der Waals surface area contributed by atoms with E-state index in [-0.39, 0.29) is 18.9 Å². The molecule has 0 aliphatic heterocycles. The first kappa shape index (κ1) is 28.3. The van der Waals surface area contributed by atoms with Crippen molar-refractivity contribution in [3.05, 3.63) is 47.4 Å². The van der Waals surface area contributed by atoms with Crippen molar-refractivity contribution in [3.8, 4) is 11.6 Å². The number of methoxy groups -OCH3 is 2. The monoisotopic (exact) mass is 528 g/mol. The quantitative estimate of drug-likeness (QED) is 0.418. The normalized spacial score (nSPS) is 14.6. The van der Waals surface area contributed by atoms with Gasteiger partial charge in [-0.05, 0) is 25.0 Å². The number of carboxylic acid groups (broad SMARTS) is 1. The van der Waals surface area contributed by atoms with E-state index < -0.39 is 58.6 Å². The van der Waals surface area contributed by atoms with E-state index in [0.29, 0.717) is 18.9 Å². The number of carbonyl (C=O) groups is 2. The van der Waals surface area contributed by atoms with Crippen LogP contribution in [-0.2, 0) is 20.4 Å². The number of amides is 1. The van der Waals surface area contributed by atoms with E-state index in [2.05, 4.69) is 4.98 Å². The molecule has 0 atom stereocenters. The van der Waals surface area contributed by atoms with E-state index in [0.717, 1.165) is 43.7 Å². The Labute approximate surface area is 211 Å². The molecule has 1 aromatic heterocycles. The average Bonchev–Trinajstić information content (AvgIpc) is 2.86. The minimum Gasteiger partial charge on any atom is -0.478 e. The van der Waals surface area contributed by atoms with Crippen molar-refractivity contribution >= 4 is 17.6 Å². The van der Waals surface area contributed by atoms with Crippen LogP contribution in [0, 0.1) is 11.7 Å².